The molecule has 1 aliphatic rings. The van der Waals surface area contributed by atoms with Crippen LogP contribution in [0.3, 0.4) is 0 Å². The largest absolute Gasteiger partial charge is 0.490 e. The lowest BCUT2D eigenvalue weighted by molar-refractivity contribution is -0.0317. The summed E-state index contributed by atoms with van der Waals surface area (Å²) in [4.78, 5) is 47.2. The van der Waals surface area contributed by atoms with Crippen molar-refractivity contribution in [3.05, 3.63) is 12.7 Å². The molecule has 3 heterocycles. The van der Waals surface area contributed by atoms with Crippen molar-refractivity contribution < 1.29 is 55.5 Å². The number of nitrogens with zero attached hydrogens (tertiary/aromatic N) is 4. The number of fused-ring (bicyclic) bond motifs is 1. The van der Waals surface area contributed by atoms with Gasteiger partial charge in [0.25, 0.3) is 0 Å². The molecule has 0 amide bonds. The van der Waals surface area contributed by atoms with Crippen LogP contribution in [0.1, 0.15) is 12.6 Å². The van der Waals surface area contributed by atoms with Gasteiger partial charge in [-0.15, -0.1) is 0 Å². The third kappa shape index (κ3) is 5.66. The Labute approximate surface area is 166 Å². The van der Waals surface area contributed by atoms with Crippen molar-refractivity contribution in [2.75, 3.05) is 12.3 Å². The number of rotatable bonds is 8. The highest BCUT2D eigenvalue weighted by Gasteiger charge is 2.43. The number of hydrogen-bond donors (Lipinski definition) is 5. The topological polar surface area (TPSA) is 239 Å². The molecule has 30 heavy (non-hydrogen) atoms. The van der Waals surface area contributed by atoms with Gasteiger partial charge in [-0.1, -0.05) is 0 Å². The van der Waals surface area contributed by atoms with Crippen molar-refractivity contribution in [2.45, 2.75) is 24.9 Å². The second-order valence-electron chi connectivity index (χ2n) is 5.85. The molecule has 20 heteroatoms. The fourth-order valence-electron chi connectivity index (χ4n) is 2.56. The van der Waals surface area contributed by atoms with Gasteiger partial charge in [-0.25, -0.2) is 33.0 Å². The molecule has 0 spiro atoms. The van der Waals surface area contributed by atoms with Gasteiger partial charge >= 0.3 is 23.5 Å². The second kappa shape index (κ2) is 8.30. The molecule has 0 aromatic carbocycles. The number of ether oxygens (including phenoxy) is 1. The summed E-state index contributed by atoms with van der Waals surface area (Å²) in [5.74, 6) is 0.0951. The van der Waals surface area contributed by atoms with Crippen LogP contribution in [-0.2, 0) is 31.6 Å². The first kappa shape index (κ1) is 23.3. The van der Waals surface area contributed by atoms with E-state index in [1.165, 1.54) is 17.2 Å². The summed E-state index contributed by atoms with van der Waals surface area (Å²) in [7, 11) is -16.6. The van der Waals surface area contributed by atoms with Gasteiger partial charge in [-0.3, -0.25) is 9.09 Å². The van der Waals surface area contributed by atoms with Crippen molar-refractivity contribution in [2.24, 2.45) is 0 Å². The Morgan fingerprint density at radius 2 is 1.87 bits per heavy atom. The molecule has 1 saturated heterocycles. The van der Waals surface area contributed by atoms with Gasteiger partial charge in [0, 0.05) is 6.42 Å². The lowest BCUT2D eigenvalue weighted by Gasteiger charge is -2.19. The van der Waals surface area contributed by atoms with E-state index in [2.05, 4.69) is 28.1 Å². The zero-order valence-electron chi connectivity index (χ0n) is 14.5. The summed E-state index contributed by atoms with van der Waals surface area (Å²) in [6, 6.07) is 0. The first-order chi connectivity index (χ1) is 13.8. The van der Waals surface area contributed by atoms with E-state index in [9.17, 15) is 23.0 Å². The van der Waals surface area contributed by atoms with Gasteiger partial charge in [-0.05, 0) is 0 Å². The van der Waals surface area contributed by atoms with Crippen LogP contribution in [0, 0.1) is 0 Å². The summed E-state index contributed by atoms with van der Waals surface area (Å²) in [6.45, 7) is -0.912. The second-order valence-corrected chi connectivity index (χ2v) is 10.3. The van der Waals surface area contributed by atoms with Crippen molar-refractivity contribution in [3.63, 3.8) is 0 Å². The Morgan fingerprint density at radius 3 is 2.53 bits per heavy atom. The van der Waals surface area contributed by atoms with Gasteiger partial charge < -0.3 is 30.0 Å². The quantitative estimate of drug-likeness (QED) is 0.312. The zero-order valence-corrected chi connectivity index (χ0v) is 17.2. The number of aromatic nitrogens is 4. The van der Waals surface area contributed by atoms with Crippen molar-refractivity contribution in [1.82, 2.24) is 19.5 Å². The highest BCUT2D eigenvalue weighted by atomic mass is 31.3. The fourth-order valence-corrected chi connectivity index (χ4v) is 5.59. The van der Waals surface area contributed by atoms with Crippen LogP contribution in [0.2, 0.25) is 0 Å². The number of hydrogen-bond acceptors (Lipinski definition) is 11. The number of alkyl halides is 1. The van der Waals surface area contributed by atoms with Gasteiger partial charge in [0.2, 0.25) is 0 Å². The molecule has 0 radical (unpaired) electrons. The van der Waals surface area contributed by atoms with Crippen LogP contribution >= 0.6 is 23.5 Å². The molecule has 0 saturated carbocycles. The number of phosphoric acid groups is 3. The Morgan fingerprint density at radius 1 is 1.17 bits per heavy atom. The molecular formula is C10H15FN5O11P3. The smallest absolute Gasteiger partial charge is 0.382 e. The molecule has 1 aliphatic heterocycles. The predicted octanol–water partition coefficient (Wildman–Crippen LogP) is 0.377. The van der Waals surface area contributed by atoms with E-state index < -0.39 is 48.6 Å². The summed E-state index contributed by atoms with van der Waals surface area (Å²) in [5, 5.41) is 0. The van der Waals surface area contributed by atoms with Crippen LogP contribution in [0.25, 0.3) is 11.2 Å². The predicted molar refractivity (Wildman–Crippen MR) is 93.0 cm³/mol. The lowest BCUT2D eigenvalue weighted by atomic mass is 10.2. The Balaban J connectivity index is 1.64. The van der Waals surface area contributed by atoms with E-state index in [4.69, 9.17) is 25.2 Å². The van der Waals surface area contributed by atoms with Crippen LogP contribution in [0.5, 0.6) is 0 Å². The number of halogens is 1. The number of nitrogen functional groups attached to an aromatic ring is 1. The fraction of sp³-hybridized carbons (Fsp3) is 0.500. The summed E-state index contributed by atoms with van der Waals surface area (Å²) in [6.07, 6.45) is -1.80. The highest BCUT2D eigenvalue weighted by molar-refractivity contribution is 7.66. The third-order valence-electron chi connectivity index (χ3n) is 3.68. The van der Waals surface area contributed by atoms with E-state index >= 15 is 0 Å². The van der Waals surface area contributed by atoms with Crippen molar-refractivity contribution in [3.8, 4) is 0 Å². The van der Waals surface area contributed by atoms with Gasteiger partial charge in [0.05, 0.1) is 12.9 Å². The maximum Gasteiger partial charge on any atom is 0.490 e. The Kier molecular flexibility index (Phi) is 6.45. The summed E-state index contributed by atoms with van der Waals surface area (Å²) < 4.78 is 66.2. The third-order valence-corrected chi connectivity index (χ3v) is 7.48. The number of imidazole rings is 1. The SMILES string of the molecule is Nc1ncnc2c1ncn2C1CC(F)C(COP(=O)(O)OP(=O)(O)OP(=O)(O)O)O1. The molecular weight excluding hydrogens is 478 g/mol. The Hall–Kier alpha value is -1.35. The number of phosphoric ester groups is 1. The van der Waals surface area contributed by atoms with E-state index in [-0.39, 0.29) is 23.4 Å². The molecule has 2 aromatic heterocycles. The molecule has 0 bridgehead atoms. The molecule has 3 rings (SSSR count). The van der Waals surface area contributed by atoms with Crippen LogP contribution in [0.4, 0.5) is 10.2 Å². The molecule has 16 nitrogen and oxygen atoms in total. The average Bonchev–Trinajstić information content (AvgIpc) is 3.14. The molecule has 168 valence electrons. The summed E-state index contributed by atoms with van der Waals surface area (Å²) in [5.41, 5.74) is 6.19. The van der Waals surface area contributed by atoms with Crippen LogP contribution in [0.15, 0.2) is 12.7 Å². The van der Waals surface area contributed by atoms with Gasteiger partial charge in [0.15, 0.2) is 11.5 Å². The molecule has 2 aromatic rings. The minimum Gasteiger partial charge on any atom is -0.382 e. The number of anilines is 1. The van der Waals surface area contributed by atoms with E-state index in [1.807, 2.05) is 0 Å². The molecule has 5 atom stereocenters. The first-order valence-electron chi connectivity index (χ1n) is 7.77. The van der Waals surface area contributed by atoms with Crippen LogP contribution in [-0.4, -0.2) is 58.0 Å². The average molecular weight is 493 g/mol. The lowest BCUT2D eigenvalue weighted by Crippen LogP contribution is -2.23. The van der Waals surface area contributed by atoms with Crippen molar-refractivity contribution in [1.29, 1.82) is 0 Å². The minimum atomic E-state index is -5.67. The van der Waals surface area contributed by atoms with Gasteiger partial charge in [0.1, 0.15) is 30.3 Å². The highest BCUT2D eigenvalue weighted by Crippen LogP contribution is 2.66. The standard InChI is InChI=1S/C10H15FN5O11P3/c11-5-1-7(16-4-15-8-9(12)13-3-14-10(8)16)25-6(5)2-24-29(20,21)27-30(22,23)26-28(17,18)19/h3-7H,1-2H2,(H,20,21)(H,22,23)(H2,12,13,14)(H2,17,18,19). The number of nitrogens with two attached hydrogens (primary N) is 1. The molecule has 1 fully saturated rings. The summed E-state index contributed by atoms with van der Waals surface area (Å²) >= 11 is 0. The maximum absolute atomic E-state index is 14.3. The zero-order chi connectivity index (χ0) is 22.3. The maximum atomic E-state index is 14.3. The molecule has 6 N–H and O–H groups in total. The van der Waals surface area contributed by atoms with E-state index in [0.717, 1.165) is 0 Å². The van der Waals surface area contributed by atoms with E-state index in [0.29, 0.717) is 0 Å². The normalized spacial score (nSPS) is 26.5. The Bertz CT molecular complexity index is 1080. The monoisotopic (exact) mass is 493 g/mol. The molecule has 5 unspecified atom stereocenters. The van der Waals surface area contributed by atoms with Gasteiger partial charge in [-0.2, -0.15) is 8.62 Å². The molecule has 0 aliphatic carbocycles. The van der Waals surface area contributed by atoms with Crippen LogP contribution < -0.4 is 5.73 Å². The van der Waals surface area contributed by atoms with E-state index in [1.54, 1.807) is 0 Å². The first-order valence-corrected chi connectivity index (χ1v) is 12.3. The minimum absolute atomic E-state index is 0.0951. The van der Waals surface area contributed by atoms with Crippen molar-refractivity contribution >= 4 is 40.4 Å².